The second kappa shape index (κ2) is 13.4. The molecule has 4 aromatic carbocycles. The number of ether oxygens (including phenoxy) is 3. The SMILES string of the molecule is CCOc1cc(/C=C2\C(=O)NC(=O)N(c3ccc(OCc4ccccc4)cc3)C2=O)ccc1Oc1ccc(C(F)(F)F)cc1[N+](=O)[O-]. The van der Waals surface area contributed by atoms with Crippen LogP contribution in [0.4, 0.5) is 29.3 Å². The summed E-state index contributed by atoms with van der Waals surface area (Å²) in [5, 5.41) is 13.6. The van der Waals surface area contributed by atoms with Gasteiger partial charge in [-0.2, -0.15) is 13.2 Å². The molecule has 0 aliphatic carbocycles. The predicted octanol–water partition coefficient (Wildman–Crippen LogP) is 7.05. The molecule has 4 aromatic rings. The molecular weight excluding hydrogens is 623 g/mol. The molecule has 0 atom stereocenters. The Labute approximate surface area is 264 Å². The third kappa shape index (κ3) is 7.39. The Morgan fingerprint density at radius 2 is 1.57 bits per heavy atom. The van der Waals surface area contributed by atoms with E-state index in [-0.39, 0.29) is 34.9 Å². The van der Waals surface area contributed by atoms with Crippen LogP contribution in [0.2, 0.25) is 0 Å². The molecule has 14 heteroatoms. The molecule has 240 valence electrons. The minimum atomic E-state index is -4.81. The number of imide groups is 2. The lowest BCUT2D eigenvalue weighted by Gasteiger charge is -2.26. The number of hydrogen-bond acceptors (Lipinski definition) is 8. The first-order valence-electron chi connectivity index (χ1n) is 13.9. The molecule has 5 rings (SSSR count). The van der Waals surface area contributed by atoms with Crippen LogP contribution in [0.25, 0.3) is 6.08 Å². The molecule has 1 aliphatic rings. The molecule has 1 aliphatic heterocycles. The summed E-state index contributed by atoms with van der Waals surface area (Å²) in [5.74, 6) is -1.90. The summed E-state index contributed by atoms with van der Waals surface area (Å²) < 4.78 is 56.3. The maximum absolute atomic E-state index is 13.4. The number of halogens is 3. The fourth-order valence-corrected chi connectivity index (χ4v) is 4.50. The zero-order chi connectivity index (χ0) is 33.7. The molecule has 0 bridgehead atoms. The van der Waals surface area contributed by atoms with E-state index in [1.807, 2.05) is 30.3 Å². The summed E-state index contributed by atoms with van der Waals surface area (Å²) in [4.78, 5) is 50.1. The number of carbonyl (C=O) groups is 3. The molecule has 0 radical (unpaired) electrons. The van der Waals surface area contributed by atoms with Gasteiger partial charge in [-0.1, -0.05) is 36.4 Å². The average molecular weight is 648 g/mol. The van der Waals surface area contributed by atoms with Gasteiger partial charge >= 0.3 is 17.9 Å². The molecule has 0 aromatic heterocycles. The number of rotatable bonds is 10. The second-order valence-electron chi connectivity index (χ2n) is 9.90. The lowest BCUT2D eigenvalue weighted by Crippen LogP contribution is -2.54. The Morgan fingerprint density at radius 1 is 0.872 bits per heavy atom. The molecule has 1 fully saturated rings. The number of amides is 4. The fraction of sp³-hybridized carbons (Fsp3) is 0.121. The van der Waals surface area contributed by atoms with E-state index in [1.165, 1.54) is 36.4 Å². The van der Waals surface area contributed by atoms with E-state index in [1.54, 1.807) is 19.1 Å². The van der Waals surface area contributed by atoms with E-state index >= 15 is 0 Å². The van der Waals surface area contributed by atoms with Crippen LogP contribution in [0.1, 0.15) is 23.6 Å². The van der Waals surface area contributed by atoms with E-state index in [0.29, 0.717) is 24.5 Å². The summed E-state index contributed by atoms with van der Waals surface area (Å²) in [7, 11) is 0. The standard InChI is InChI=1S/C33H24F3N3O8/c1-2-45-29-17-21(8-14-28(29)47-27-15-9-22(33(34,35)36)18-26(27)39(43)44)16-25-30(40)37-32(42)38(31(25)41)23-10-12-24(13-11-23)46-19-20-6-4-3-5-7-20/h3-18H,2,19H2,1H3,(H,37,40,42)/b25-16+. The van der Waals surface area contributed by atoms with Gasteiger partial charge in [0.25, 0.3) is 11.8 Å². The van der Waals surface area contributed by atoms with Gasteiger partial charge < -0.3 is 14.2 Å². The van der Waals surface area contributed by atoms with Gasteiger partial charge in [0.2, 0.25) is 5.75 Å². The lowest BCUT2D eigenvalue weighted by atomic mass is 10.1. The maximum atomic E-state index is 13.4. The molecule has 0 saturated carbocycles. The summed E-state index contributed by atoms with van der Waals surface area (Å²) in [6.07, 6.45) is -3.60. The highest BCUT2D eigenvalue weighted by Gasteiger charge is 2.37. The highest BCUT2D eigenvalue weighted by molar-refractivity contribution is 6.39. The van der Waals surface area contributed by atoms with Crippen LogP contribution in [0.15, 0.2) is 96.6 Å². The number of nitro groups is 1. The van der Waals surface area contributed by atoms with Gasteiger partial charge in [0.05, 0.1) is 22.8 Å². The fourth-order valence-electron chi connectivity index (χ4n) is 4.50. The lowest BCUT2D eigenvalue weighted by molar-refractivity contribution is -0.385. The van der Waals surface area contributed by atoms with Crippen LogP contribution in [0.5, 0.6) is 23.0 Å². The van der Waals surface area contributed by atoms with Crippen molar-refractivity contribution >= 4 is 35.3 Å². The highest BCUT2D eigenvalue weighted by atomic mass is 19.4. The van der Waals surface area contributed by atoms with Crippen molar-refractivity contribution in [2.24, 2.45) is 0 Å². The third-order valence-electron chi connectivity index (χ3n) is 6.73. The minimum absolute atomic E-state index is 0.0127. The van der Waals surface area contributed by atoms with Crippen molar-refractivity contribution in [3.05, 3.63) is 123 Å². The number of nitrogens with zero attached hydrogens (tertiary/aromatic N) is 2. The third-order valence-corrected chi connectivity index (χ3v) is 6.73. The van der Waals surface area contributed by atoms with Crippen LogP contribution < -0.4 is 24.4 Å². The quantitative estimate of drug-likeness (QED) is 0.0837. The number of nitrogens with one attached hydrogen (secondary N) is 1. The predicted molar refractivity (Wildman–Crippen MR) is 162 cm³/mol. The normalized spacial score (nSPS) is 14.2. The van der Waals surface area contributed by atoms with Crippen molar-refractivity contribution in [3.63, 3.8) is 0 Å². The Balaban J connectivity index is 1.39. The van der Waals surface area contributed by atoms with Crippen molar-refractivity contribution in [2.75, 3.05) is 11.5 Å². The second-order valence-corrected chi connectivity index (χ2v) is 9.90. The molecular formula is C33H24F3N3O8. The molecule has 11 nitrogen and oxygen atoms in total. The topological polar surface area (TPSA) is 137 Å². The van der Waals surface area contributed by atoms with Crippen molar-refractivity contribution in [3.8, 4) is 23.0 Å². The van der Waals surface area contributed by atoms with Gasteiger partial charge in [0.1, 0.15) is 17.9 Å². The van der Waals surface area contributed by atoms with Crippen molar-refractivity contribution < 1.29 is 46.7 Å². The van der Waals surface area contributed by atoms with E-state index in [9.17, 15) is 37.7 Å². The van der Waals surface area contributed by atoms with Crippen molar-refractivity contribution in [1.82, 2.24) is 5.32 Å². The van der Waals surface area contributed by atoms with Crippen LogP contribution in [-0.2, 0) is 22.4 Å². The minimum Gasteiger partial charge on any atom is -0.490 e. The largest absolute Gasteiger partial charge is 0.490 e. The summed E-state index contributed by atoms with van der Waals surface area (Å²) in [5.41, 5.74) is -1.15. The van der Waals surface area contributed by atoms with Crippen LogP contribution >= 0.6 is 0 Å². The van der Waals surface area contributed by atoms with Crippen LogP contribution in [0.3, 0.4) is 0 Å². The number of barbiturate groups is 1. The van der Waals surface area contributed by atoms with E-state index in [4.69, 9.17) is 14.2 Å². The number of carbonyl (C=O) groups excluding carboxylic acids is 3. The molecule has 1 N–H and O–H groups in total. The van der Waals surface area contributed by atoms with Crippen LogP contribution in [0, 0.1) is 10.1 Å². The van der Waals surface area contributed by atoms with Gasteiger partial charge in [0, 0.05) is 6.07 Å². The maximum Gasteiger partial charge on any atom is 0.416 e. The Kier molecular flexibility index (Phi) is 9.21. The molecule has 47 heavy (non-hydrogen) atoms. The van der Waals surface area contributed by atoms with E-state index in [0.717, 1.165) is 16.5 Å². The molecule has 1 heterocycles. The number of nitro benzene ring substituents is 1. The van der Waals surface area contributed by atoms with Gasteiger partial charge in [-0.15, -0.1) is 0 Å². The van der Waals surface area contributed by atoms with E-state index < -0.39 is 45.9 Å². The first-order valence-corrected chi connectivity index (χ1v) is 13.9. The first kappa shape index (κ1) is 32.2. The smallest absolute Gasteiger partial charge is 0.416 e. The summed E-state index contributed by atoms with van der Waals surface area (Å²) >= 11 is 0. The average Bonchev–Trinajstić information content (AvgIpc) is 3.04. The van der Waals surface area contributed by atoms with E-state index in [2.05, 4.69) is 5.32 Å². The molecule has 4 amide bonds. The van der Waals surface area contributed by atoms with Crippen molar-refractivity contribution in [2.45, 2.75) is 19.7 Å². The highest BCUT2D eigenvalue weighted by Crippen LogP contribution is 2.40. The number of benzene rings is 4. The number of hydrogen-bond donors (Lipinski definition) is 1. The number of urea groups is 1. The summed E-state index contributed by atoms with van der Waals surface area (Å²) in [6.45, 7) is 2.03. The Morgan fingerprint density at radius 3 is 2.23 bits per heavy atom. The monoisotopic (exact) mass is 647 g/mol. The Hall–Kier alpha value is -6.18. The van der Waals surface area contributed by atoms with Gasteiger partial charge in [-0.3, -0.25) is 25.0 Å². The number of alkyl halides is 3. The molecule has 0 spiro atoms. The van der Waals surface area contributed by atoms with Gasteiger partial charge in [0.15, 0.2) is 11.5 Å². The van der Waals surface area contributed by atoms with Gasteiger partial charge in [-0.05, 0) is 72.7 Å². The van der Waals surface area contributed by atoms with Crippen LogP contribution in [-0.4, -0.2) is 29.4 Å². The molecule has 0 unspecified atom stereocenters. The zero-order valence-corrected chi connectivity index (χ0v) is 24.4. The Bertz CT molecular complexity index is 1880. The number of anilines is 1. The first-order chi connectivity index (χ1) is 22.4. The molecule has 1 saturated heterocycles. The zero-order valence-electron chi connectivity index (χ0n) is 24.4. The van der Waals surface area contributed by atoms with Gasteiger partial charge in [-0.25, -0.2) is 9.69 Å². The summed E-state index contributed by atoms with van der Waals surface area (Å²) in [6, 6.07) is 20.5. The van der Waals surface area contributed by atoms with Crippen molar-refractivity contribution in [1.29, 1.82) is 0 Å².